The van der Waals surface area contributed by atoms with Crippen molar-refractivity contribution in [3.8, 4) is 0 Å². The zero-order valence-corrected chi connectivity index (χ0v) is 19.1. The minimum atomic E-state index is -4.23. The smallest absolute Gasteiger partial charge is 0.261 e. The van der Waals surface area contributed by atoms with Gasteiger partial charge in [-0.25, -0.2) is 22.2 Å². The van der Waals surface area contributed by atoms with Gasteiger partial charge in [0.1, 0.15) is 6.26 Å². The lowest BCUT2D eigenvalue weighted by Gasteiger charge is -2.21. The van der Waals surface area contributed by atoms with Crippen molar-refractivity contribution in [2.24, 2.45) is 0 Å². The summed E-state index contributed by atoms with van der Waals surface area (Å²) in [6.45, 7) is 3.76. The number of carbonyl (C=O) groups excluding carboxylic acids is 1. The lowest BCUT2D eigenvalue weighted by molar-refractivity contribution is 0.103. The van der Waals surface area contributed by atoms with Crippen LogP contribution in [0.1, 0.15) is 41.2 Å². The maximum absolute atomic E-state index is 14.0. The van der Waals surface area contributed by atoms with Crippen LogP contribution < -0.4 is 4.72 Å². The van der Waals surface area contributed by atoms with Gasteiger partial charge in [-0.1, -0.05) is 42.5 Å². The fraction of sp³-hybridized carbons (Fsp3) is 0.120. The number of hydrogen-bond acceptors (Lipinski definition) is 5. The highest BCUT2D eigenvalue weighted by Gasteiger charge is 2.29. The molecule has 34 heavy (non-hydrogen) atoms. The largest absolute Gasteiger partial charge is 0.448 e. The number of oxazole rings is 1. The van der Waals surface area contributed by atoms with Crippen LogP contribution in [0.4, 0.5) is 14.5 Å². The van der Waals surface area contributed by atoms with Gasteiger partial charge in [0.05, 0.1) is 22.2 Å². The molecule has 0 atom stereocenters. The van der Waals surface area contributed by atoms with Gasteiger partial charge in [-0.2, -0.15) is 0 Å². The second kappa shape index (κ2) is 8.83. The number of nitrogens with one attached hydrogen (secondary N) is 1. The van der Waals surface area contributed by atoms with Crippen molar-refractivity contribution in [1.29, 1.82) is 0 Å². The van der Waals surface area contributed by atoms with Crippen molar-refractivity contribution in [2.75, 3.05) is 4.72 Å². The van der Waals surface area contributed by atoms with E-state index in [2.05, 4.69) is 9.71 Å². The summed E-state index contributed by atoms with van der Waals surface area (Å²) in [7, 11) is -4.23. The van der Waals surface area contributed by atoms with Crippen molar-refractivity contribution >= 4 is 21.5 Å². The monoisotopic (exact) mass is 482 g/mol. The van der Waals surface area contributed by atoms with Gasteiger partial charge in [-0.3, -0.25) is 9.52 Å². The van der Waals surface area contributed by atoms with Gasteiger partial charge >= 0.3 is 0 Å². The van der Waals surface area contributed by atoms with Gasteiger partial charge in [-0.05, 0) is 37.6 Å². The van der Waals surface area contributed by atoms with Gasteiger partial charge < -0.3 is 4.42 Å². The molecule has 0 amide bonds. The molecule has 1 heterocycles. The Morgan fingerprint density at radius 2 is 1.62 bits per heavy atom. The van der Waals surface area contributed by atoms with Crippen LogP contribution in [0, 0.1) is 11.6 Å². The summed E-state index contributed by atoms with van der Waals surface area (Å²) >= 11 is 0. The highest BCUT2D eigenvalue weighted by atomic mass is 32.2. The lowest BCUT2D eigenvalue weighted by Crippen LogP contribution is -2.20. The maximum atomic E-state index is 14.0. The Kier molecular flexibility index (Phi) is 6.05. The Morgan fingerprint density at radius 1 is 0.971 bits per heavy atom. The number of anilines is 1. The second-order valence-electron chi connectivity index (χ2n) is 8.10. The van der Waals surface area contributed by atoms with Crippen molar-refractivity contribution < 1.29 is 26.4 Å². The standard InChI is InChI=1S/C25H20F2N2O4S/c1-25(2,24-28-12-13-33-24)17-8-10-18(11-9-17)34(31,32)29-22-15-21(27)20(26)14-19(22)23(30)16-6-4-3-5-7-16/h3-15,29H,1-2H3. The summed E-state index contributed by atoms with van der Waals surface area (Å²) in [5, 5.41) is 0. The van der Waals surface area contributed by atoms with Crippen LogP contribution >= 0.6 is 0 Å². The predicted octanol–water partition coefficient (Wildman–Crippen LogP) is 5.31. The SMILES string of the molecule is CC(C)(c1ccc(S(=O)(=O)Nc2cc(F)c(F)cc2C(=O)c2ccccc2)cc1)c1ncco1. The molecule has 0 unspecified atom stereocenters. The normalized spacial score (nSPS) is 11.9. The number of aromatic nitrogens is 1. The van der Waals surface area contributed by atoms with E-state index in [0.29, 0.717) is 18.0 Å². The van der Waals surface area contributed by atoms with Crippen molar-refractivity contribution in [1.82, 2.24) is 4.98 Å². The molecule has 6 nitrogen and oxygen atoms in total. The van der Waals surface area contributed by atoms with Crippen LogP contribution in [0.25, 0.3) is 0 Å². The molecular formula is C25H20F2N2O4S. The van der Waals surface area contributed by atoms with Crippen LogP contribution in [-0.4, -0.2) is 19.2 Å². The maximum Gasteiger partial charge on any atom is 0.261 e. The van der Waals surface area contributed by atoms with E-state index in [9.17, 15) is 22.0 Å². The van der Waals surface area contributed by atoms with Crippen molar-refractivity contribution in [2.45, 2.75) is 24.2 Å². The van der Waals surface area contributed by atoms with E-state index < -0.39 is 32.9 Å². The summed E-state index contributed by atoms with van der Waals surface area (Å²) in [5.41, 5.74) is -0.338. The molecule has 0 aliphatic carbocycles. The van der Waals surface area contributed by atoms with E-state index in [-0.39, 0.29) is 21.7 Å². The average molecular weight is 483 g/mol. The van der Waals surface area contributed by atoms with Crippen LogP contribution in [-0.2, 0) is 15.4 Å². The van der Waals surface area contributed by atoms with E-state index in [1.165, 1.54) is 36.7 Å². The second-order valence-corrected chi connectivity index (χ2v) is 9.78. The highest BCUT2D eigenvalue weighted by Crippen LogP contribution is 2.31. The zero-order valence-electron chi connectivity index (χ0n) is 18.2. The molecule has 4 aromatic rings. The first-order valence-corrected chi connectivity index (χ1v) is 11.7. The van der Waals surface area contributed by atoms with E-state index in [1.54, 1.807) is 30.3 Å². The Hall–Kier alpha value is -3.85. The number of hydrogen-bond donors (Lipinski definition) is 1. The molecule has 0 fully saturated rings. The van der Waals surface area contributed by atoms with Crippen LogP contribution in [0.15, 0.2) is 88.5 Å². The minimum Gasteiger partial charge on any atom is -0.448 e. The van der Waals surface area contributed by atoms with Gasteiger partial charge in [0.15, 0.2) is 17.4 Å². The molecule has 3 aromatic carbocycles. The minimum absolute atomic E-state index is 0.123. The Morgan fingerprint density at radius 3 is 2.24 bits per heavy atom. The molecule has 0 bridgehead atoms. The summed E-state index contributed by atoms with van der Waals surface area (Å²) < 4.78 is 61.6. The average Bonchev–Trinajstić information content (AvgIpc) is 3.37. The van der Waals surface area contributed by atoms with E-state index in [0.717, 1.165) is 5.56 Å². The molecule has 0 saturated carbocycles. The van der Waals surface area contributed by atoms with Crippen molar-refractivity contribution in [3.63, 3.8) is 0 Å². The van der Waals surface area contributed by atoms with Crippen LogP contribution in [0.3, 0.4) is 0 Å². The highest BCUT2D eigenvalue weighted by molar-refractivity contribution is 7.92. The third-order valence-corrected chi connectivity index (χ3v) is 6.82. The first kappa shape index (κ1) is 23.3. The summed E-state index contributed by atoms with van der Waals surface area (Å²) in [6.07, 6.45) is 2.98. The third kappa shape index (κ3) is 4.47. The fourth-order valence-corrected chi connectivity index (χ4v) is 4.54. The molecule has 0 radical (unpaired) electrons. The van der Waals surface area contributed by atoms with E-state index in [4.69, 9.17) is 4.42 Å². The molecule has 0 saturated heterocycles. The van der Waals surface area contributed by atoms with Gasteiger partial charge in [0, 0.05) is 17.2 Å². The molecular weight excluding hydrogens is 462 g/mol. The molecule has 1 N–H and O–H groups in total. The number of rotatable bonds is 7. The quantitative estimate of drug-likeness (QED) is 0.361. The van der Waals surface area contributed by atoms with Crippen molar-refractivity contribution in [3.05, 3.63) is 113 Å². The van der Waals surface area contributed by atoms with Gasteiger partial charge in [0.25, 0.3) is 10.0 Å². The Bertz CT molecular complexity index is 1430. The van der Waals surface area contributed by atoms with E-state index in [1.807, 2.05) is 13.8 Å². The number of ketones is 1. The number of carbonyl (C=O) groups is 1. The summed E-state index contributed by atoms with van der Waals surface area (Å²) in [4.78, 5) is 16.9. The molecule has 1 aromatic heterocycles. The first-order chi connectivity index (χ1) is 16.1. The molecule has 0 aliphatic heterocycles. The predicted molar refractivity (Wildman–Crippen MR) is 122 cm³/mol. The lowest BCUT2D eigenvalue weighted by atomic mass is 9.84. The number of nitrogens with zero attached hydrogens (tertiary/aromatic N) is 1. The van der Waals surface area contributed by atoms with Gasteiger partial charge in [-0.15, -0.1) is 0 Å². The molecule has 9 heteroatoms. The molecule has 4 rings (SSSR count). The van der Waals surface area contributed by atoms with Crippen LogP contribution in [0.5, 0.6) is 0 Å². The van der Waals surface area contributed by atoms with Crippen LogP contribution in [0.2, 0.25) is 0 Å². The zero-order chi connectivity index (χ0) is 24.5. The molecule has 0 aliphatic rings. The van der Waals surface area contributed by atoms with E-state index >= 15 is 0 Å². The number of benzene rings is 3. The topological polar surface area (TPSA) is 89.3 Å². The fourth-order valence-electron chi connectivity index (χ4n) is 3.47. The summed E-state index contributed by atoms with van der Waals surface area (Å²) in [6, 6.07) is 15.2. The molecule has 174 valence electrons. The Balaban J connectivity index is 1.67. The number of halogens is 2. The Labute approximate surface area is 195 Å². The first-order valence-electron chi connectivity index (χ1n) is 10.2. The number of sulfonamides is 1. The summed E-state index contributed by atoms with van der Waals surface area (Å²) in [5.74, 6) is -2.74. The molecule has 0 spiro atoms. The van der Waals surface area contributed by atoms with Gasteiger partial charge in [0.2, 0.25) is 5.89 Å². The third-order valence-electron chi connectivity index (χ3n) is 5.44.